The third-order valence-electron chi connectivity index (χ3n) is 2.04. The zero-order valence-corrected chi connectivity index (χ0v) is 8.01. The average Bonchev–Trinajstić information content (AvgIpc) is 2.47. The molecule has 1 aromatic rings. The van der Waals surface area contributed by atoms with Gasteiger partial charge in [-0.2, -0.15) is 10.1 Å². The van der Waals surface area contributed by atoms with Crippen molar-refractivity contribution in [2.45, 2.75) is 13.1 Å². The normalized spacial score (nSPS) is 20.7. The first-order valence-corrected chi connectivity index (χ1v) is 4.34. The van der Waals surface area contributed by atoms with Gasteiger partial charge in [-0.05, 0) is 19.1 Å². The summed E-state index contributed by atoms with van der Waals surface area (Å²) < 4.78 is 13.2. The van der Waals surface area contributed by atoms with Crippen LogP contribution in [0.5, 0.6) is 0 Å². The molecule has 0 aliphatic carbocycles. The fourth-order valence-corrected chi connectivity index (χ4v) is 1.23. The van der Waals surface area contributed by atoms with Crippen LogP contribution in [-0.2, 0) is 4.79 Å². The maximum Gasteiger partial charge on any atom is 0.289 e. The zero-order chi connectivity index (χ0) is 11.0. The van der Waals surface area contributed by atoms with Gasteiger partial charge in [0.2, 0.25) is 6.17 Å². The van der Waals surface area contributed by atoms with Crippen molar-refractivity contribution in [3.05, 3.63) is 18.3 Å². The molecule has 0 aromatic carbocycles. The van der Waals surface area contributed by atoms with Gasteiger partial charge in [0.15, 0.2) is 5.82 Å². The Balaban J connectivity index is 2.33. The van der Waals surface area contributed by atoms with Gasteiger partial charge < -0.3 is 5.73 Å². The van der Waals surface area contributed by atoms with Gasteiger partial charge in [0.05, 0.1) is 17.6 Å². The van der Waals surface area contributed by atoms with E-state index in [4.69, 9.17) is 5.73 Å². The van der Waals surface area contributed by atoms with E-state index in [1.807, 2.05) is 0 Å². The molecular weight excluding hydrogens is 199 g/mol. The van der Waals surface area contributed by atoms with Crippen LogP contribution < -0.4 is 10.7 Å². The van der Waals surface area contributed by atoms with Gasteiger partial charge in [-0.1, -0.05) is 0 Å². The predicted molar refractivity (Wildman–Crippen MR) is 54.1 cm³/mol. The number of hydrogen-bond donors (Lipinski definition) is 1. The molecule has 0 unspecified atom stereocenters. The number of hydrazone groups is 1. The molecule has 0 bridgehead atoms. The summed E-state index contributed by atoms with van der Waals surface area (Å²) in [6, 6.07) is 3.09. The van der Waals surface area contributed by atoms with Crippen molar-refractivity contribution in [2.24, 2.45) is 5.10 Å². The summed E-state index contributed by atoms with van der Waals surface area (Å²) in [6.07, 6.45) is -0.275. The summed E-state index contributed by atoms with van der Waals surface area (Å²) in [4.78, 5) is 15.3. The minimum atomic E-state index is -1.66. The zero-order valence-electron chi connectivity index (χ0n) is 8.01. The lowest BCUT2D eigenvalue weighted by atomic mass is 10.3. The Morgan fingerprint density at radius 3 is 2.73 bits per heavy atom. The number of amides is 1. The molecule has 78 valence electrons. The lowest BCUT2D eigenvalue weighted by Gasteiger charge is -2.10. The number of nitrogens with zero attached hydrogens (tertiary/aromatic N) is 3. The van der Waals surface area contributed by atoms with Crippen molar-refractivity contribution in [1.82, 2.24) is 4.98 Å². The van der Waals surface area contributed by atoms with Crippen LogP contribution in [-0.4, -0.2) is 22.8 Å². The van der Waals surface area contributed by atoms with Crippen LogP contribution in [0.3, 0.4) is 0 Å². The van der Waals surface area contributed by atoms with Crippen LogP contribution in [0, 0.1) is 0 Å². The Labute approximate surface area is 85.4 Å². The second-order valence-corrected chi connectivity index (χ2v) is 3.20. The Hall–Kier alpha value is -1.98. The lowest BCUT2D eigenvalue weighted by Crippen LogP contribution is -2.28. The van der Waals surface area contributed by atoms with E-state index in [0.29, 0.717) is 5.69 Å². The maximum atomic E-state index is 13.2. The highest BCUT2D eigenvalue weighted by Gasteiger charge is 2.34. The molecule has 0 fully saturated rings. The van der Waals surface area contributed by atoms with Crippen molar-refractivity contribution in [1.29, 1.82) is 0 Å². The molecule has 0 saturated heterocycles. The third-order valence-corrected chi connectivity index (χ3v) is 2.04. The number of carbonyl (C=O) groups excluding carboxylic acids is 1. The monoisotopic (exact) mass is 208 g/mol. The fourth-order valence-electron chi connectivity index (χ4n) is 1.23. The number of pyridine rings is 1. The van der Waals surface area contributed by atoms with Gasteiger partial charge in [0, 0.05) is 0 Å². The van der Waals surface area contributed by atoms with Crippen LogP contribution in [0.2, 0.25) is 0 Å². The van der Waals surface area contributed by atoms with Crippen molar-refractivity contribution >= 4 is 23.1 Å². The van der Waals surface area contributed by atoms with Crippen LogP contribution in [0.25, 0.3) is 0 Å². The molecule has 0 saturated carbocycles. The molecule has 15 heavy (non-hydrogen) atoms. The van der Waals surface area contributed by atoms with Gasteiger partial charge in [-0.15, -0.1) is 0 Å². The second kappa shape index (κ2) is 3.30. The number of carbonyl (C=O) groups is 1. The van der Waals surface area contributed by atoms with Crippen molar-refractivity contribution < 1.29 is 9.18 Å². The lowest BCUT2D eigenvalue weighted by molar-refractivity contribution is -0.120. The number of halogens is 1. The van der Waals surface area contributed by atoms with Crippen LogP contribution >= 0.6 is 0 Å². The third kappa shape index (κ3) is 1.54. The molecule has 1 aliphatic rings. The van der Waals surface area contributed by atoms with Gasteiger partial charge in [0.1, 0.15) is 0 Å². The summed E-state index contributed by atoms with van der Waals surface area (Å²) in [5.41, 5.74) is 6.05. The average molecular weight is 208 g/mol. The number of rotatable bonds is 1. The smallest absolute Gasteiger partial charge is 0.289 e. The van der Waals surface area contributed by atoms with Crippen LogP contribution in [0.1, 0.15) is 6.92 Å². The first-order chi connectivity index (χ1) is 7.09. The first kappa shape index (κ1) is 9.57. The standard InChI is InChI=1S/C9H9FN4O/c1-5-8(10)9(15)14(13-5)7-3-2-6(11)4-12-7/h2-4,8H,11H2,1H3/t8-/m1/s1. The number of alkyl halides is 1. The van der Waals surface area contributed by atoms with E-state index < -0.39 is 12.1 Å². The van der Waals surface area contributed by atoms with Gasteiger partial charge in [-0.3, -0.25) is 4.79 Å². The molecule has 1 amide bonds. The molecule has 2 N–H and O–H groups in total. The SMILES string of the molecule is CC1=NN(c2ccc(N)cn2)C(=O)[C@@H]1F. The fraction of sp³-hybridized carbons (Fsp3) is 0.222. The van der Waals surface area contributed by atoms with E-state index in [2.05, 4.69) is 10.1 Å². The van der Waals surface area contributed by atoms with E-state index in [1.54, 1.807) is 6.07 Å². The number of nitrogen functional groups attached to an aromatic ring is 1. The number of hydrogen-bond acceptors (Lipinski definition) is 4. The number of anilines is 2. The van der Waals surface area contributed by atoms with E-state index in [9.17, 15) is 9.18 Å². The summed E-state index contributed by atoms with van der Waals surface area (Å²) in [7, 11) is 0. The van der Waals surface area contributed by atoms with E-state index in [1.165, 1.54) is 19.2 Å². The molecule has 1 aliphatic heterocycles. The molecule has 1 aromatic heterocycles. The molecule has 2 rings (SSSR count). The summed E-state index contributed by atoms with van der Waals surface area (Å²) in [6.45, 7) is 1.46. The van der Waals surface area contributed by atoms with E-state index >= 15 is 0 Å². The number of aromatic nitrogens is 1. The topological polar surface area (TPSA) is 71.6 Å². The highest BCUT2D eigenvalue weighted by molar-refractivity contribution is 6.16. The molecule has 1 atom stereocenters. The Bertz CT molecular complexity index is 428. The molecule has 5 nitrogen and oxygen atoms in total. The summed E-state index contributed by atoms with van der Waals surface area (Å²) >= 11 is 0. The first-order valence-electron chi connectivity index (χ1n) is 4.34. The van der Waals surface area contributed by atoms with Gasteiger partial charge >= 0.3 is 0 Å². The highest BCUT2D eigenvalue weighted by atomic mass is 19.1. The highest BCUT2D eigenvalue weighted by Crippen LogP contribution is 2.20. The van der Waals surface area contributed by atoms with Crippen molar-refractivity contribution in [3.8, 4) is 0 Å². The molecule has 6 heteroatoms. The second-order valence-electron chi connectivity index (χ2n) is 3.20. The van der Waals surface area contributed by atoms with E-state index in [0.717, 1.165) is 5.01 Å². The predicted octanol–water partition coefficient (Wildman–Crippen LogP) is 0.724. The Kier molecular flexibility index (Phi) is 2.11. The van der Waals surface area contributed by atoms with E-state index in [-0.39, 0.29) is 11.5 Å². The van der Waals surface area contributed by atoms with Crippen molar-refractivity contribution in [3.63, 3.8) is 0 Å². The molecule has 0 spiro atoms. The summed E-state index contributed by atoms with van der Waals surface area (Å²) in [5.74, 6) is -0.446. The van der Waals surface area contributed by atoms with Gasteiger partial charge in [0.25, 0.3) is 5.91 Å². The quantitative estimate of drug-likeness (QED) is 0.739. The largest absolute Gasteiger partial charge is 0.397 e. The Morgan fingerprint density at radius 2 is 2.27 bits per heavy atom. The van der Waals surface area contributed by atoms with Gasteiger partial charge in [-0.25, -0.2) is 9.37 Å². The molecule has 0 radical (unpaired) electrons. The van der Waals surface area contributed by atoms with Crippen LogP contribution in [0.15, 0.2) is 23.4 Å². The summed E-state index contributed by atoms with van der Waals surface area (Å²) in [5, 5.41) is 4.72. The molecular formula is C9H9FN4O. The molecule has 2 heterocycles. The Morgan fingerprint density at radius 1 is 1.53 bits per heavy atom. The minimum absolute atomic E-state index is 0.138. The van der Waals surface area contributed by atoms with Crippen LogP contribution in [0.4, 0.5) is 15.9 Å². The van der Waals surface area contributed by atoms with Crippen molar-refractivity contribution in [2.75, 3.05) is 10.7 Å². The maximum absolute atomic E-state index is 13.2. The minimum Gasteiger partial charge on any atom is -0.397 e. The number of nitrogens with two attached hydrogens (primary N) is 1.